The minimum atomic E-state index is -1.19. The molecule has 0 saturated heterocycles. The minimum Gasteiger partial charge on any atom is -0.476 e. The summed E-state index contributed by atoms with van der Waals surface area (Å²) >= 11 is 5.76. The first kappa shape index (κ1) is 21.8. The van der Waals surface area contributed by atoms with Crippen molar-refractivity contribution in [3.05, 3.63) is 23.0 Å². The van der Waals surface area contributed by atoms with Gasteiger partial charge < -0.3 is 9.94 Å². The van der Waals surface area contributed by atoms with E-state index >= 15 is 0 Å². The standard InChI is InChI=1S/C19H31ClFNO3/c1-2-3-4-5-6-7-8-9-10-11-12-16(21)15-25-22-14-13-17(20)18(22)19(23)24/h13-14,16H,2-12,15H2,1H3,(H,23,24). The lowest BCUT2D eigenvalue weighted by atomic mass is 10.1. The Balaban J connectivity index is 2.04. The molecule has 6 heteroatoms. The average molecular weight is 376 g/mol. The highest BCUT2D eigenvalue weighted by molar-refractivity contribution is 6.33. The Hall–Kier alpha value is -1.23. The molecule has 0 saturated carbocycles. The lowest BCUT2D eigenvalue weighted by molar-refractivity contribution is 0.0446. The molecule has 0 spiro atoms. The number of carbonyl (C=O) groups is 1. The van der Waals surface area contributed by atoms with Gasteiger partial charge in [-0.1, -0.05) is 82.7 Å². The lowest BCUT2D eigenvalue weighted by Gasteiger charge is -2.12. The second kappa shape index (κ2) is 13.0. The Morgan fingerprint density at radius 2 is 1.72 bits per heavy atom. The zero-order valence-corrected chi connectivity index (χ0v) is 15.9. The number of hydrogen-bond acceptors (Lipinski definition) is 2. The summed E-state index contributed by atoms with van der Waals surface area (Å²) in [5.41, 5.74) is -0.173. The van der Waals surface area contributed by atoms with Gasteiger partial charge in [-0.15, -0.1) is 0 Å². The molecule has 1 atom stereocenters. The minimum absolute atomic E-state index is 0.0811. The Bertz CT molecular complexity index is 493. The van der Waals surface area contributed by atoms with Gasteiger partial charge in [-0.3, -0.25) is 0 Å². The number of aromatic carboxylic acids is 1. The van der Waals surface area contributed by atoms with E-state index in [2.05, 4.69) is 6.92 Å². The maximum Gasteiger partial charge on any atom is 0.357 e. The molecule has 144 valence electrons. The van der Waals surface area contributed by atoms with Crippen LogP contribution in [0.3, 0.4) is 0 Å². The number of alkyl halides is 1. The molecular formula is C19H31ClFNO3. The van der Waals surface area contributed by atoms with Gasteiger partial charge in [0.05, 0.1) is 5.02 Å². The van der Waals surface area contributed by atoms with Gasteiger partial charge in [0.2, 0.25) is 0 Å². The predicted molar refractivity (Wildman–Crippen MR) is 99.2 cm³/mol. The zero-order chi connectivity index (χ0) is 18.5. The van der Waals surface area contributed by atoms with E-state index < -0.39 is 12.1 Å². The molecule has 0 fully saturated rings. The van der Waals surface area contributed by atoms with Crippen molar-refractivity contribution >= 4 is 17.6 Å². The van der Waals surface area contributed by atoms with E-state index in [-0.39, 0.29) is 17.3 Å². The van der Waals surface area contributed by atoms with Crippen LogP contribution in [0.4, 0.5) is 4.39 Å². The van der Waals surface area contributed by atoms with E-state index in [1.165, 1.54) is 57.2 Å². The van der Waals surface area contributed by atoms with Crippen LogP contribution in [0, 0.1) is 0 Å². The maximum atomic E-state index is 13.9. The molecule has 1 N–H and O–H groups in total. The summed E-state index contributed by atoms with van der Waals surface area (Å²) in [5.74, 6) is -1.19. The molecule has 25 heavy (non-hydrogen) atoms. The third kappa shape index (κ3) is 9.15. The Kier molecular flexibility index (Phi) is 11.4. The number of nitrogens with zero attached hydrogens (tertiary/aromatic N) is 1. The molecule has 4 nitrogen and oxygen atoms in total. The fourth-order valence-electron chi connectivity index (χ4n) is 2.79. The molecule has 0 aliphatic carbocycles. The first-order valence-corrected chi connectivity index (χ1v) is 9.81. The number of unbranched alkanes of at least 4 members (excludes halogenated alkanes) is 9. The second-order valence-electron chi connectivity index (χ2n) is 6.51. The van der Waals surface area contributed by atoms with Crippen LogP contribution in [0.25, 0.3) is 0 Å². The van der Waals surface area contributed by atoms with Crippen LogP contribution in [-0.2, 0) is 0 Å². The van der Waals surface area contributed by atoms with E-state index in [1.807, 2.05) is 0 Å². The highest BCUT2D eigenvalue weighted by Crippen LogP contribution is 2.17. The van der Waals surface area contributed by atoms with Gasteiger partial charge in [0.1, 0.15) is 12.8 Å². The Morgan fingerprint density at radius 3 is 2.28 bits per heavy atom. The summed E-state index contributed by atoms with van der Waals surface area (Å²) in [6.07, 6.45) is 12.8. The van der Waals surface area contributed by atoms with Crippen LogP contribution in [0.5, 0.6) is 0 Å². The van der Waals surface area contributed by atoms with Crippen molar-refractivity contribution in [3.8, 4) is 0 Å². The number of aromatic nitrogens is 1. The van der Waals surface area contributed by atoms with Crippen molar-refractivity contribution in [1.29, 1.82) is 0 Å². The molecule has 1 unspecified atom stereocenters. The first-order valence-electron chi connectivity index (χ1n) is 9.43. The third-order valence-electron chi connectivity index (χ3n) is 4.27. The van der Waals surface area contributed by atoms with Gasteiger partial charge in [0, 0.05) is 6.20 Å². The van der Waals surface area contributed by atoms with Crippen molar-refractivity contribution in [3.63, 3.8) is 0 Å². The summed E-state index contributed by atoms with van der Waals surface area (Å²) in [7, 11) is 0. The van der Waals surface area contributed by atoms with E-state index in [4.69, 9.17) is 21.5 Å². The highest BCUT2D eigenvalue weighted by Gasteiger charge is 2.17. The largest absolute Gasteiger partial charge is 0.476 e. The molecule has 0 aromatic carbocycles. The van der Waals surface area contributed by atoms with Crippen LogP contribution in [0.2, 0.25) is 5.02 Å². The summed E-state index contributed by atoms with van der Waals surface area (Å²) in [5, 5.41) is 9.11. The SMILES string of the molecule is CCCCCCCCCCCCC(F)COn1ccc(Cl)c1C(=O)O. The third-order valence-corrected chi connectivity index (χ3v) is 4.58. The smallest absolute Gasteiger partial charge is 0.357 e. The molecule has 0 aliphatic rings. The molecule has 0 aliphatic heterocycles. The quantitative estimate of drug-likeness (QED) is 0.387. The first-order chi connectivity index (χ1) is 12.1. The van der Waals surface area contributed by atoms with Gasteiger partial charge in [-0.25, -0.2) is 9.18 Å². The predicted octanol–water partition coefficient (Wildman–Crippen LogP) is 5.92. The number of rotatable bonds is 15. The van der Waals surface area contributed by atoms with E-state index in [0.717, 1.165) is 24.0 Å². The summed E-state index contributed by atoms with van der Waals surface area (Å²) < 4.78 is 14.9. The Morgan fingerprint density at radius 1 is 1.16 bits per heavy atom. The van der Waals surface area contributed by atoms with Gasteiger partial charge >= 0.3 is 5.97 Å². The number of carboxylic acids is 1. The zero-order valence-electron chi connectivity index (χ0n) is 15.2. The van der Waals surface area contributed by atoms with Gasteiger partial charge in [0.15, 0.2) is 5.69 Å². The van der Waals surface area contributed by atoms with Crippen LogP contribution >= 0.6 is 11.6 Å². The van der Waals surface area contributed by atoms with Gasteiger partial charge in [-0.05, 0) is 12.5 Å². The van der Waals surface area contributed by atoms with E-state index in [9.17, 15) is 9.18 Å². The van der Waals surface area contributed by atoms with Crippen molar-refractivity contribution in [2.45, 2.75) is 83.7 Å². The molecule has 1 rings (SSSR count). The number of hydrogen-bond donors (Lipinski definition) is 1. The van der Waals surface area contributed by atoms with Crippen molar-refractivity contribution in [2.75, 3.05) is 6.61 Å². The Labute approximate surface area is 155 Å². The van der Waals surface area contributed by atoms with Gasteiger partial charge in [-0.2, -0.15) is 4.73 Å². The number of halogens is 2. The van der Waals surface area contributed by atoms with Gasteiger partial charge in [0.25, 0.3) is 0 Å². The van der Waals surface area contributed by atoms with Crippen LogP contribution in [-0.4, -0.2) is 28.6 Å². The monoisotopic (exact) mass is 375 g/mol. The van der Waals surface area contributed by atoms with E-state index in [1.54, 1.807) is 0 Å². The van der Waals surface area contributed by atoms with Crippen LogP contribution in [0.15, 0.2) is 12.3 Å². The normalized spacial score (nSPS) is 12.3. The fraction of sp³-hybridized carbons (Fsp3) is 0.737. The molecule has 0 amide bonds. The van der Waals surface area contributed by atoms with Crippen LogP contribution in [0.1, 0.15) is 88.0 Å². The molecule has 0 bridgehead atoms. The highest BCUT2D eigenvalue weighted by atomic mass is 35.5. The summed E-state index contributed by atoms with van der Waals surface area (Å²) in [6.45, 7) is 2.06. The molecular weight excluding hydrogens is 345 g/mol. The maximum absolute atomic E-state index is 13.9. The summed E-state index contributed by atoms with van der Waals surface area (Å²) in [6, 6.07) is 1.42. The average Bonchev–Trinajstić information content (AvgIpc) is 2.95. The van der Waals surface area contributed by atoms with Crippen molar-refractivity contribution in [1.82, 2.24) is 4.73 Å². The molecule has 1 aromatic heterocycles. The molecule has 0 radical (unpaired) electrons. The number of carboxylic acid groups (broad SMARTS) is 1. The lowest BCUT2D eigenvalue weighted by Crippen LogP contribution is -2.23. The van der Waals surface area contributed by atoms with Crippen molar-refractivity contribution in [2.24, 2.45) is 0 Å². The second-order valence-corrected chi connectivity index (χ2v) is 6.91. The van der Waals surface area contributed by atoms with E-state index in [0.29, 0.717) is 6.42 Å². The molecule has 1 aromatic rings. The fourth-order valence-corrected chi connectivity index (χ4v) is 3.01. The summed E-state index contributed by atoms with van der Waals surface area (Å²) in [4.78, 5) is 16.2. The molecule has 1 heterocycles. The van der Waals surface area contributed by atoms with Crippen LogP contribution < -0.4 is 4.84 Å². The topological polar surface area (TPSA) is 51.5 Å². The van der Waals surface area contributed by atoms with Crippen molar-refractivity contribution < 1.29 is 19.1 Å².